The quantitative estimate of drug-likeness (QED) is 0.412. The van der Waals surface area contributed by atoms with Crippen LogP contribution >= 0.6 is 11.6 Å². The van der Waals surface area contributed by atoms with Gasteiger partial charge in [0.15, 0.2) is 0 Å². The van der Waals surface area contributed by atoms with Gasteiger partial charge in [-0.3, -0.25) is 9.36 Å². The molecule has 4 rings (SSSR count). The molecule has 6 nitrogen and oxygen atoms in total. The van der Waals surface area contributed by atoms with Crippen LogP contribution in [0.2, 0.25) is 5.02 Å². The second-order valence-corrected chi connectivity index (χ2v) is 11.4. The molecule has 2 heterocycles. The van der Waals surface area contributed by atoms with Crippen LogP contribution in [0.4, 0.5) is 13.2 Å². The number of carbonyl (C=O) groups excluding carboxylic acids is 1. The summed E-state index contributed by atoms with van der Waals surface area (Å²) in [7, 11) is 0. The van der Waals surface area contributed by atoms with Gasteiger partial charge in [0.05, 0.1) is 17.7 Å². The maximum absolute atomic E-state index is 13.7. The zero-order chi connectivity index (χ0) is 27.2. The molecule has 10 heteroatoms. The minimum absolute atomic E-state index is 0.0562. The number of nitrogens with zero attached hydrogens (tertiary/aromatic N) is 1. The van der Waals surface area contributed by atoms with Crippen molar-refractivity contribution in [3.05, 3.63) is 51.4 Å². The van der Waals surface area contributed by atoms with Gasteiger partial charge in [0.1, 0.15) is 24.0 Å². The summed E-state index contributed by atoms with van der Waals surface area (Å²) in [6.45, 7) is 6.70. The highest BCUT2D eigenvalue weighted by Gasteiger charge is 2.42. The van der Waals surface area contributed by atoms with Crippen molar-refractivity contribution in [3.8, 4) is 16.9 Å². The summed E-state index contributed by atoms with van der Waals surface area (Å²) in [6.07, 6.45) is -1.52. The molecule has 1 saturated carbocycles. The van der Waals surface area contributed by atoms with Crippen LogP contribution < -0.4 is 10.3 Å². The van der Waals surface area contributed by atoms with Gasteiger partial charge in [-0.05, 0) is 70.2 Å². The van der Waals surface area contributed by atoms with Gasteiger partial charge in [-0.25, -0.2) is 4.79 Å². The van der Waals surface area contributed by atoms with E-state index in [1.165, 1.54) is 35.0 Å². The van der Waals surface area contributed by atoms with Crippen molar-refractivity contribution >= 4 is 17.6 Å². The van der Waals surface area contributed by atoms with Crippen LogP contribution in [0, 0.1) is 5.92 Å². The summed E-state index contributed by atoms with van der Waals surface area (Å²) in [5, 5.41) is 0.315. The van der Waals surface area contributed by atoms with Crippen LogP contribution in [0.3, 0.4) is 0 Å². The van der Waals surface area contributed by atoms with Crippen LogP contribution in [0.5, 0.6) is 5.75 Å². The number of esters is 1. The van der Waals surface area contributed by atoms with Crippen LogP contribution in [-0.4, -0.2) is 41.1 Å². The number of alkyl halides is 3. The second kappa shape index (κ2) is 9.98. The molecule has 0 spiro atoms. The van der Waals surface area contributed by atoms with E-state index in [4.69, 9.17) is 25.8 Å². The van der Waals surface area contributed by atoms with E-state index < -0.39 is 41.9 Å². The number of ether oxygens (including phenoxy) is 3. The molecule has 37 heavy (non-hydrogen) atoms. The number of fused-ring (bicyclic) bond motifs is 3. The predicted octanol–water partition coefficient (Wildman–Crippen LogP) is 6.12. The lowest BCUT2D eigenvalue weighted by Gasteiger charge is -2.28. The summed E-state index contributed by atoms with van der Waals surface area (Å²) >= 11 is 6.17. The lowest BCUT2D eigenvalue weighted by atomic mass is 9.91. The summed E-state index contributed by atoms with van der Waals surface area (Å²) in [5.41, 5.74) is -0.437. The molecule has 202 valence electrons. The number of benzene rings is 1. The van der Waals surface area contributed by atoms with Crippen LogP contribution in [0.15, 0.2) is 35.3 Å². The largest absolute Gasteiger partial charge is 0.491 e. The van der Waals surface area contributed by atoms with Gasteiger partial charge in [-0.15, -0.1) is 0 Å². The number of halogens is 4. The van der Waals surface area contributed by atoms with Crippen molar-refractivity contribution in [1.82, 2.24) is 4.57 Å². The standard InChI is InChI=1S/C27H31ClF3NO5/c1-25(2,3)37-24(34)21(7-10-36-26(4)8-9-26)32-14-22-20(13-23(32)33)19-12-18(28)6-5-16(19)11-17(15-35-22)27(29,30)31/h5-6,12-14,17,21H,7-11,15H2,1-4H3/t17-,21?/m1/s1. The minimum atomic E-state index is -4.49. The molecule has 0 N–H and O–H groups in total. The molecule has 2 atom stereocenters. The maximum Gasteiger partial charge on any atom is 0.395 e. The monoisotopic (exact) mass is 541 g/mol. The van der Waals surface area contributed by atoms with E-state index in [1.54, 1.807) is 20.8 Å². The first-order valence-corrected chi connectivity index (χ1v) is 12.6. The molecular weight excluding hydrogens is 511 g/mol. The fourth-order valence-electron chi connectivity index (χ4n) is 4.28. The normalized spacial score (nSPS) is 19.5. The molecule has 1 aliphatic carbocycles. The Kier molecular flexibility index (Phi) is 7.42. The summed E-state index contributed by atoms with van der Waals surface area (Å²) in [4.78, 5) is 26.5. The molecule has 1 aromatic carbocycles. The van der Waals surface area contributed by atoms with E-state index in [-0.39, 0.29) is 30.8 Å². The third-order valence-electron chi connectivity index (χ3n) is 6.59. The fourth-order valence-corrected chi connectivity index (χ4v) is 4.45. The molecule has 0 bridgehead atoms. The Hall–Kier alpha value is -2.52. The van der Waals surface area contributed by atoms with Crippen molar-refractivity contribution in [2.24, 2.45) is 5.92 Å². The third kappa shape index (κ3) is 6.68. The molecule has 1 unspecified atom stereocenters. The van der Waals surface area contributed by atoms with Crippen molar-refractivity contribution in [2.45, 2.75) is 76.8 Å². The Morgan fingerprint density at radius 3 is 2.54 bits per heavy atom. The van der Waals surface area contributed by atoms with Gasteiger partial charge in [0, 0.05) is 29.7 Å². The number of rotatable bonds is 6. The lowest BCUT2D eigenvalue weighted by molar-refractivity contribution is -0.181. The van der Waals surface area contributed by atoms with Gasteiger partial charge in [-0.1, -0.05) is 17.7 Å². The van der Waals surface area contributed by atoms with Crippen LogP contribution in [0.1, 0.15) is 58.6 Å². The Morgan fingerprint density at radius 2 is 1.92 bits per heavy atom. The lowest BCUT2D eigenvalue weighted by Crippen LogP contribution is -2.36. The molecule has 0 radical (unpaired) electrons. The number of aromatic nitrogens is 1. The van der Waals surface area contributed by atoms with E-state index in [2.05, 4.69) is 0 Å². The van der Waals surface area contributed by atoms with Crippen LogP contribution in [-0.2, 0) is 20.7 Å². The third-order valence-corrected chi connectivity index (χ3v) is 6.82. The van der Waals surface area contributed by atoms with E-state index in [0.29, 0.717) is 21.7 Å². The maximum atomic E-state index is 13.7. The van der Waals surface area contributed by atoms with E-state index in [9.17, 15) is 22.8 Å². The topological polar surface area (TPSA) is 66.8 Å². The smallest absolute Gasteiger partial charge is 0.395 e. The highest BCUT2D eigenvalue weighted by molar-refractivity contribution is 6.30. The summed E-state index contributed by atoms with van der Waals surface area (Å²) in [5.74, 6) is -2.34. The number of hydrogen-bond acceptors (Lipinski definition) is 5. The molecular formula is C27H31ClF3NO5. The highest BCUT2D eigenvalue weighted by Crippen LogP contribution is 2.41. The zero-order valence-electron chi connectivity index (χ0n) is 21.3. The molecule has 2 aliphatic rings. The van der Waals surface area contributed by atoms with Crippen molar-refractivity contribution in [1.29, 1.82) is 0 Å². The average molecular weight is 542 g/mol. The van der Waals surface area contributed by atoms with E-state index in [1.807, 2.05) is 6.92 Å². The Morgan fingerprint density at radius 1 is 1.22 bits per heavy atom. The van der Waals surface area contributed by atoms with E-state index >= 15 is 0 Å². The Bertz CT molecular complexity index is 1230. The first-order valence-electron chi connectivity index (χ1n) is 12.3. The Balaban J connectivity index is 1.76. The molecule has 0 saturated heterocycles. The molecule has 2 aromatic rings. The average Bonchev–Trinajstić information content (AvgIpc) is 3.49. The number of pyridine rings is 1. The highest BCUT2D eigenvalue weighted by atomic mass is 35.5. The SMILES string of the molecule is CC(C)(C)OC(=O)C(CCOC1(C)CC1)n1cc2c(cc1=O)-c1cc(Cl)ccc1C[C@@H](C(F)(F)F)CO2. The second-order valence-electron chi connectivity index (χ2n) is 11.0. The van der Waals surface area contributed by atoms with Gasteiger partial charge in [-0.2, -0.15) is 13.2 Å². The minimum Gasteiger partial charge on any atom is -0.491 e. The molecule has 1 aromatic heterocycles. The number of carbonyl (C=O) groups is 1. The van der Waals surface area contributed by atoms with Gasteiger partial charge >= 0.3 is 12.1 Å². The van der Waals surface area contributed by atoms with Gasteiger partial charge in [0.2, 0.25) is 0 Å². The van der Waals surface area contributed by atoms with Gasteiger partial charge < -0.3 is 14.2 Å². The Labute approximate surface area is 218 Å². The fraction of sp³-hybridized carbons (Fsp3) is 0.556. The first-order chi connectivity index (χ1) is 17.2. The van der Waals surface area contributed by atoms with Gasteiger partial charge in [0.25, 0.3) is 5.56 Å². The van der Waals surface area contributed by atoms with Crippen LogP contribution in [0.25, 0.3) is 11.1 Å². The molecule has 1 aliphatic heterocycles. The molecule has 1 fully saturated rings. The first kappa shape index (κ1) is 27.5. The van der Waals surface area contributed by atoms with E-state index in [0.717, 1.165) is 12.8 Å². The van der Waals surface area contributed by atoms with Crippen molar-refractivity contribution < 1.29 is 32.2 Å². The zero-order valence-corrected chi connectivity index (χ0v) is 22.0. The summed E-state index contributed by atoms with van der Waals surface area (Å²) < 4.78 is 59.5. The predicted molar refractivity (Wildman–Crippen MR) is 133 cm³/mol. The molecule has 0 amide bonds. The summed E-state index contributed by atoms with van der Waals surface area (Å²) in [6, 6.07) is 4.81. The van der Waals surface area contributed by atoms with Crippen molar-refractivity contribution in [3.63, 3.8) is 0 Å². The number of hydrogen-bond donors (Lipinski definition) is 0. The van der Waals surface area contributed by atoms with Crippen molar-refractivity contribution in [2.75, 3.05) is 13.2 Å².